The standard InChI is InChI=1S/C18H19FN2O2S2/c1-18(2,19)14-9-13-15(21-17(24-4)25-13)16(20-14)23-10-11-5-7-12(22-3)8-6-11/h5-9H,10H2,1-4H3. The van der Waals surface area contributed by atoms with Gasteiger partial charge >= 0.3 is 0 Å². The Morgan fingerprint density at radius 2 is 1.92 bits per heavy atom. The van der Waals surface area contributed by atoms with Crippen molar-refractivity contribution in [2.45, 2.75) is 30.5 Å². The van der Waals surface area contributed by atoms with Crippen LogP contribution in [0.1, 0.15) is 25.1 Å². The van der Waals surface area contributed by atoms with Crippen molar-refractivity contribution in [3.63, 3.8) is 0 Å². The largest absolute Gasteiger partial charge is 0.497 e. The summed E-state index contributed by atoms with van der Waals surface area (Å²) in [6.45, 7) is 3.31. The number of hydrogen-bond acceptors (Lipinski definition) is 6. The van der Waals surface area contributed by atoms with Gasteiger partial charge in [-0.15, -0.1) is 11.3 Å². The summed E-state index contributed by atoms with van der Waals surface area (Å²) in [6, 6.07) is 9.35. The van der Waals surface area contributed by atoms with E-state index in [-0.39, 0.29) is 0 Å². The molecule has 2 aromatic heterocycles. The monoisotopic (exact) mass is 378 g/mol. The van der Waals surface area contributed by atoms with Gasteiger partial charge in [-0.25, -0.2) is 14.4 Å². The minimum atomic E-state index is -1.55. The summed E-state index contributed by atoms with van der Waals surface area (Å²) in [5, 5.41) is 0. The van der Waals surface area contributed by atoms with Gasteiger partial charge in [0, 0.05) is 0 Å². The second-order valence-corrected chi connectivity index (χ2v) is 8.04. The number of thiazole rings is 1. The molecule has 0 amide bonds. The average Bonchev–Trinajstić information content (AvgIpc) is 3.02. The van der Waals surface area contributed by atoms with Crippen molar-refractivity contribution < 1.29 is 13.9 Å². The number of hydrogen-bond donors (Lipinski definition) is 0. The van der Waals surface area contributed by atoms with Gasteiger partial charge < -0.3 is 9.47 Å². The summed E-state index contributed by atoms with van der Waals surface area (Å²) in [5.41, 5.74) is 0.452. The van der Waals surface area contributed by atoms with Crippen LogP contribution in [0, 0.1) is 0 Å². The number of benzene rings is 1. The first-order chi connectivity index (χ1) is 11.9. The Morgan fingerprint density at radius 3 is 2.52 bits per heavy atom. The highest BCUT2D eigenvalue weighted by molar-refractivity contribution is 8.00. The molecule has 4 nitrogen and oxygen atoms in total. The molecule has 0 saturated carbocycles. The lowest BCUT2D eigenvalue weighted by Crippen LogP contribution is -2.12. The molecule has 3 aromatic rings. The van der Waals surface area contributed by atoms with Gasteiger partial charge in [-0.1, -0.05) is 23.9 Å². The lowest BCUT2D eigenvalue weighted by Gasteiger charge is -2.15. The zero-order valence-corrected chi connectivity index (χ0v) is 16.1. The van der Waals surface area contributed by atoms with Crippen LogP contribution >= 0.6 is 23.1 Å². The maximum absolute atomic E-state index is 14.4. The van der Waals surface area contributed by atoms with Crippen LogP contribution in [0.4, 0.5) is 4.39 Å². The number of methoxy groups -OCH3 is 1. The molecule has 132 valence electrons. The van der Waals surface area contributed by atoms with Crippen molar-refractivity contribution in [1.29, 1.82) is 0 Å². The number of nitrogens with zero attached hydrogens (tertiary/aromatic N) is 2. The highest BCUT2D eigenvalue weighted by Crippen LogP contribution is 2.36. The van der Waals surface area contributed by atoms with Crippen LogP contribution in [-0.2, 0) is 12.3 Å². The molecular formula is C18H19FN2O2S2. The minimum absolute atomic E-state index is 0.328. The summed E-state index contributed by atoms with van der Waals surface area (Å²) in [5.74, 6) is 1.15. The molecule has 7 heteroatoms. The molecule has 0 saturated heterocycles. The minimum Gasteiger partial charge on any atom is -0.497 e. The van der Waals surface area contributed by atoms with E-state index >= 15 is 0 Å². The summed E-state index contributed by atoms with van der Waals surface area (Å²) < 4.78 is 27.2. The normalized spacial score (nSPS) is 11.7. The number of aromatic nitrogens is 2. The van der Waals surface area contributed by atoms with E-state index in [1.165, 1.54) is 25.2 Å². The summed E-state index contributed by atoms with van der Waals surface area (Å²) >= 11 is 3.07. The quantitative estimate of drug-likeness (QED) is 0.551. The number of alkyl halides is 1. The van der Waals surface area contributed by atoms with Crippen molar-refractivity contribution in [3.05, 3.63) is 41.6 Å². The molecule has 0 aliphatic carbocycles. The molecule has 1 aromatic carbocycles. The van der Waals surface area contributed by atoms with Gasteiger partial charge in [-0.05, 0) is 43.9 Å². The van der Waals surface area contributed by atoms with Crippen LogP contribution < -0.4 is 9.47 Å². The molecule has 2 heterocycles. The van der Waals surface area contributed by atoms with Crippen LogP contribution in [0.15, 0.2) is 34.7 Å². The van der Waals surface area contributed by atoms with E-state index in [1.54, 1.807) is 24.9 Å². The fourth-order valence-electron chi connectivity index (χ4n) is 2.25. The van der Waals surface area contributed by atoms with Gasteiger partial charge in [0.15, 0.2) is 4.34 Å². The SMILES string of the molecule is COc1ccc(COc2nc(C(C)(C)F)cc3sc(SC)nc23)cc1. The molecule has 3 rings (SSSR count). The molecule has 0 fully saturated rings. The summed E-state index contributed by atoms with van der Waals surface area (Å²) in [6.07, 6.45) is 1.96. The van der Waals surface area contributed by atoms with Crippen molar-refractivity contribution in [2.24, 2.45) is 0 Å². The topological polar surface area (TPSA) is 44.2 Å². The molecule has 0 unspecified atom stereocenters. The predicted octanol–water partition coefficient (Wildman–Crippen LogP) is 5.21. The zero-order chi connectivity index (χ0) is 18.0. The van der Waals surface area contributed by atoms with Gasteiger partial charge in [0.1, 0.15) is 23.5 Å². The van der Waals surface area contributed by atoms with Gasteiger partial charge in [-0.3, -0.25) is 0 Å². The highest BCUT2D eigenvalue weighted by atomic mass is 32.2. The van der Waals surface area contributed by atoms with E-state index in [0.29, 0.717) is 23.7 Å². The van der Waals surface area contributed by atoms with E-state index < -0.39 is 5.67 Å². The molecule has 0 bridgehead atoms. The van der Waals surface area contributed by atoms with Crippen molar-refractivity contribution in [3.8, 4) is 11.6 Å². The maximum atomic E-state index is 14.4. The number of ether oxygens (including phenoxy) is 2. The number of rotatable bonds is 6. The third-order valence-electron chi connectivity index (χ3n) is 3.64. The molecule has 0 radical (unpaired) electrons. The van der Waals surface area contributed by atoms with E-state index in [9.17, 15) is 4.39 Å². The second-order valence-electron chi connectivity index (χ2n) is 5.95. The Morgan fingerprint density at radius 1 is 1.20 bits per heavy atom. The van der Waals surface area contributed by atoms with Crippen molar-refractivity contribution >= 4 is 33.3 Å². The lowest BCUT2D eigenvalue weighted by atomic mass is 10.1. The Bertz CT molecular complexity index is 873. The third-order valence-corrected chi connectivity index (χ3v) is 5.63. The van der Waals surface area contributed by atoms with Gasteiger partial charge in [-0.2, -0.15) is 0 Å². The number of fused-ring (bicyclic) bond motifs is 1. The van der Waals surface area contributed by atoms with E-state index in [2.05, 4.69) is 9.97 Å². The first kappa shape index (κ1) is 17.9. The molecular weight excluding hydrogens is 359 g/mol. The van der Waals surface area contributed by atoms with Crippen LogP contribution in [0.2, 0.25) is 0 Å². The smallest absolute Gasteiger partial charge is 0.242 e. The van der Waals surface area contributed by atoms with E-state index in [1.807, 2.05) is 30.5 Å². The lowest BCUT2D eigenvalue weighted by molar-refractivity contribution is 0.210. The Labute approximate surface area is 154 Å². The van der Waals surface area contributed by atoms with Crippen LogP contribution in [0.5, 0.6) is 11.6 Å². The van der Waals surface area contributed by atoms with Gasteiger partial charge in [0.25, 0.3) is 0 Å². The second kappa shape index (κ2) is 7.17. The highest BCUT2D eigenvalue weighted by Gasteiger charge is 2.24. The fourth-order valence-corrected chi connectivity index (χ4v) is 3.76. The van der Waals surface area contributed by atoms with Crippen LogP contribution in [-0.4, -0.2) is 23.3 Å². The summed E-state index contributed by atoms with van der Waals surface area (Å²) in [4.78, 5) is 8.93. The third kappa shape index (κ3) is 4.04. The molecule has 0 spiro atoms. The van der Waals surface area contributed by atoms with E-state index in [4.69, 9.17) is 9.47 Å². The van der Waals surface area contributed by atoms with Crippen LogP contribution in [0.3, 0.4) is 0 Å². The zero-order valence-electron chi connectivity index (χ0n) is 14.5. The molecule has 25 heavy (non-hydrogen) atoms. The van der Waals surface area contributed by atoms with Crippen molar-refractivity contribution in [1.82, 2.24) is 9.97 Å². The first-order valence-electron chi connectivity index (χ1n) is 7.71. The maximum Gasteiger partial charge on any atom is 0.242 e. The fraction of sp³-hybridized carbons (Fsp3) is 0.333. The van der Waals surface area contributed by atoms with E-state index in [0.717, 1.165) is 20.4 Å². The predicted molar refractivity (Wildman–Crippen MR) is 101 cm³/mol. The van der Waals surface area contributed by atoms with Gasteiger partial charge in [0.05, 0.1) is 17.5 Å². The molecule has 0 aliphatic rings. The van der Waals surface area contributed by atoms with Gasteiger partial charge in [0.2, 0.25) is 5.88 Å². The number of thioether (sulfide) groups is 1. The van der Waals surface area contributed by atoms with Crippen molar-refractivity contribution in [2.75, 3.05) is 13.4 Å². The molecule has 0 atom stereocenters. The first-order valence-corrected chi connectivity index (χ1v) is 9.75. The summed E-state index contributed by atoms with van der Waals surface area (Å²) in [7, 11) is 1.63. The Kier molecular flexibility index (Phi) is 5.15. The molecule has 0 N–H and O–H groups in total. The number of pyridine rings is 1. The van der Waals surface area contributed by atoms with Crippen LogP contribution in [0.25, 0.3) is 10.2 Å². The number of halogens is 1. The Hall–Kier alpha value is -1.86. The molecule has 0 aliphatic heterocycles. The Balaban J connectivity index is 1.93. The average molecular weight is 378 g/mol.